The molecule has 2 rings (SSSR count). The first kappa shape index (κ1) is 16.5. The lowest BCUT2D eigenvalue weighted by atomic mass is 10.1. The maximum absolute atomic E-state index is 12.4. The van der Waals surface area contributed by atoms with Gasteiger partial charge in [0.05, 0.1) is 19.4 Å². The van der Waals surface area contributed by atoms with Crippen LogP contribution in [0.5, 0.6) is 0 Å². The minimum atomic E-state index is -0.493. The highest BCUT2D eigenvalue weighted by atomic mass is 16.5. The Bertz CT molecular complexity index is 785. The van der Waals surface area contributed by atoms with Crippen LogP contribution in [0.3, 0.4) is 0 Å². The molecule has 0 fully saturated rings. The molecule has 23 heavy (non-hydrogen) atoms. The van der Waals surface area contributed by atoms with Crippen molar-refractivity contribution in [1.82, 2.24) is 9.88 Å². The zero-order valence-electron chi connectivity index (χ0n) is 13.0. The van der Waals surface area contributed by atoms with E-state index in [0.717, 1.165) is 0 Å². The first-order valence-corrected chi connectivity index (χ1v) is 6.98. The maximum atomic E-state index is 12.4. The number of carbonyl (C=O) groups is 1. The van der Waals surface area contributed by atoms with Gasteiger partial charge in [-0.25, -0.2) is 0 Å². The summed E-state index contributed by atoms with van der Waals surface area (Å²) in [4.78, 5) is 24.4. The van der Waals surface area contributed by atoms with Gasteiger partial charge in [-0.05, 0) is 25.1 Å². The molecule has 0 saturated carbocycles. The van der Waals surface area contributed by atoms with E-state index in [0.29, 0.717) is 17.0 Å². The van der Waals surface area contributed by atoms with Gasteiger partial charge in [-0.2, -0.15) is 5.26 Å². The van der Waals surface area contributed by atoms with Gasteiger partial charge in [0.25, 0.3) is 5.56 Å². The van der Waals surface area contributed by atoms with Gasteiger partial charge in [0.2, 0.25) is 5.91 Å². The van der Waals surface area contributed by atoms with Crippen LogP contribution in [0, 0.1) is 18.3 Å². The van der Waals surface area contributed by atoms with Crippen LogP contribution >= 0.6 is 0 Å². The number of nitrogens with zero attached hydrogens (tertiary/aromatic N) is 2. The Morgan fingerprint density at radius 3 is 2.91 bits per heavy atom. The summed E-state index contributed by atoms with van der Waals surface area (Å²) < 4.78 is 11.4. The third kappa shape index (κ3) is 3.87. The summed E-state index contributed by atoms with van der Waals surface area (Å²) in [5, 5.41) is 11.8. The Morgan fingerprint density at radius 2 is 2.30 bits per heavy atom. The van der Waals surface area contributed by atoms with E-state index in [1.165, 1.54) is 17.9 Å². The van der Waals surface area contributed by atoms with Crippen molar-refractivity contribution < 1.29 is 13.9 Å². The van der Waals surface area contributed by atoms with E-state index in [1.54, 1.807) is 25.1 Å². The summed E-state index contributed by atoms with van der Waals surface area (Å²) in [6.45, 7) is 1.96. The molecule has 0 saturated heterocycles. The van der Waals surface area contributed by atoms with E-state index >= 15 is 0 Å². The number of nitriles is 1. The molecule has 0 aliphatic heterocycles. The van der Waals surface area contributed by atoms with Crippen molar-refractivity contribution in [3.8, 4) is 6.07 Å². The molecule has 0 aliphatic rings. The molecule has 2 aromatic rings. The fraction of sp³-hybridized carbons (Fsp3) is 0.312. The van der Waals surface area contributed by atoms with Gasteiger partial charge < -0.3 is 19.0 Å². The Balaban J connectivity index is 2.17. The van der Waals surface area contributed by atoms with Crippen molar-refractivity contribution in [3.63, 3.8) is 0 Å². The van der Waals surface area contributed by atoms with Gasteiger partial charge >= 0.3 is 0 Å². The van der Waals surface area contributed by atoms with Gasteiger partial charge in [-0.3, -0.25) is 9.59 Å². The number of aryl methyl sites for hydroxylation is 1. The van der Waals surface area contributed by atoms with Crippen LogP contribution in [0.2, 0.25) is 0 Å². The van der Waals surface area contributed by atoms with Crippen molar-refractivity contribution in [2.45, 2.75) is 26.6 Å². The highest BCUT2D eigenvalue weighted by Crippen LogP contribution is 2.08. The molecular formula is C16H17N3O4. The second-order valence-corrected chi connectivity index (χ2v) is 4.98. The second kappa shape index (κ2) is 7.42. The number of carbonyl (C=O) groups excluding carboxylic acids is 1. The number of methoxy groups -OCH3 is 1. The van der Waals surface area contributed by atoms with Gasteiger partial charge in [0.15, 0.2) is 0 Å². The predicted molar refractivity (Wildman–Crippen MR) is 81.4 cm³/mol. The van der Waals surface area contributed by atoms with E-state index in [-0.39, 0.29) is 31.2 Å². The Labute approximate surface area is 133 Å². The fourth-order valence-electron chi connectivity index (χ4n) is 2.22. The summed E-state index contributed by atoms with van der Waals surface area (Å²) in [6.07, 6.45) is 1.52. The average molecular weight is 315 g/mol. The molecule has 120 valence electrons. The molecule has 0 atom stereocenters. The van der Waals surface area contributed by atoms with Crippen LogP contribution in [0.1, 0.15) is 22.6 Å². The molecule has 2 heterocycles. The van der Waals surface area contributed by atoms with Crippen molar-refractivity contribution in [2.75, 3.05) is 7.11 Å². The van der Waals surface area contributed by atoms with Crippen LogP contribution in [0.4, 0.5) is 0 Å². The molecule has 1 N–H and O–H groups in total. The van der Waals surface area contributed by atoms with E-state index in [1.807, 2.05) is 6.07 Å². The monoisotopic (exact) mass is 315 g/mol. The van der Waals surface area contributed by atoms with Gasteiger partial charge in [-0.1, -0.05) is 0 Å². The molecule has 0 aliphatic carbocycles. The second-order valence-electron chi connectivity index (χ2n) is 4.98. The molecule has 7 nitrogen and oxygen atoms in total. The van der Waals surface area contributed by atoms with Crippen LogP contribution < -0.4 is 10.9 Å². The van der Waals surface area contributed by atoms with Gasteiger partial charge in [-0.15, -0.1) is 0 Å². The number of rotatable bonds is 6. The average Bonchev–Trinajstić information content (AvgIpc) is 3.03. The van der Waals surface area contributed by atoms with Crippen molar-refractivity contribution in [3.05, 3.63) is 57.4 Å². The third-order valence-corrected chi connectivity index (χ3v) is 3.34. The molecule has 1 amide bonds. The first-order valence-electron chi connectivity index (χ1n) is 6.98. The highest BCUT2D eigenvalue weighted by Gasteiger charge is 2.15. The smallest absolute Gasteiger partial charge is 0.269 e. The summed E-state index contributed by atoms with van der Waals surface area (Å²) >= 11 is 0. The van der Waals surface area contributed by atoms with Crippen molar-refractivity contribution in [2.24, 2.45) is 0 Å². The van der Waals surface area contributed by atoms with Gasteiger partial charge in [0, 0.05) is 18.4 Å². The standard InChI is InChI=1S/C16H17N3O4/c1-11-6-12(10-22-2)14(7-17)16(21)19(11)9-15(20)18-8-13-4-3-5-23-13/h3-6H,8-10H2,1-2H3,(H,18,20). The lowest BCUT2D eigenvalue weighted by Gasteiger charge is -2.13. The quantitative estimate of drug-likeness (QED) is 0.860. The van der Waals surface area contributed by atoms with E-state index < -0.39 is 5.56 Å². The summed E-state index contributed by atoms with van der Waals surface area (Å²) in [7, 11) is 1.49. The molecule has 7 heteroatoms. The number of aromatic nitrogens is 1. The largest absolute Gasteiger partial charge is 0.467 e. The minimum absolute atomic E-state index is 0.00344. The van der Waals surface area contributed by atoms with E-state index in [4.69, 9.17) is 9.15 Å². The highest BCUT2D eigenvalue weighted by molar-refractivity contribution is 5.75. The Hall–Kier alpha value is -2.85. The number of hydrogen-bond donors (Lipinski definition) is 1. The van der Waals surface area contributed by atoms with Crippen LogP contribution in [0.15, 0.2) is 33.7 Å². The molecule has 0 unspecified atom stereocenters. The van der Waals surface area contributed by atoms with Crippen LogP contribution in [-0.2, 0) is 29.2 Å². The fourth-order valence-corrected chi connectivity index (χ4v) is 2.22. The number of nitrogens with one attached hydrogen (secondary N) is 1. The third-order valence-electron chi connectivity index (χ3n) is 3.34. The zero-order valence-corrected chi connectivity index (χ0v) is 13.0. The predicted octanol–water partition coefficient (Wildman–Crippen LogP) is 1.08. The molecule has 2 aromatic heterocycles. The number of amides is 1. The molecule has 0 aromatic carbocycles. The number of furan rings is 1. The van der Waals surface area contributed by atoms with Crippen LogP contribution in [-0.4, -0.2) is 17.6 Å². The number of ether oxygens (including phenoxy) is 1. The van der Waals surface area contributed by atoms with Gasteiger partial charge in [0.1, 0.15) is 23.9 Å². The lowest BCUT2D eigenvalue weighted by molar-refractivity contribution is -0.122. The molecular weight excluding hydrogens is 298 g/mol. The van der Waals surface area contributed by atoms with E-state index in [2.05, 4.69) is 5.32 Å². The Kier molecular flexibility index (Phi) is 5.33. The molecule has 0 radical (unpaired) electrons. The number of hydrogen-bond acceptors (Lipinski definition) is 5. The van der Waals surface area contributed by atoms with Crippen molar-refractivity contribution >= 4 is 5.91 Å². The van der Waals surface area contributed by atoms with Crippen molar-refractivity contribution in [1.29, 1.82) is 5.26 Å². The summed E-state index contributed by atoms with van der Waals surface area (Å²) in [5.74, 6) is 0.283. The van der Waals surface area contributed by atoms with Crippen LogP contribution in [0.25, 0.3) is 0 Å². The summed E-state index contributed by atoms with van der Waals surface area (Å²) in [5.41, 5.74) is 0.614. The zero-order chi connectivity index (χ0) is 16.8. The SMILES string of the molecule is COCc1cc(C)n(CC(=O)NCc2ccco2)c(=O)c1C#N. The number of pyridine rings is 1. The summed E-state index contributed by atoms with van der Waals surface area (Å²) in [6, 6.07) is 7.03. The minimum Gasteiger partial charge on any atom is -0.467 e. The molecule has 0 bridgehead atoms. The topological polar surface area (TPSA) is 97.3 Å². The molecule has 0 spiro atoms. The lowest BCUT2D eigenvalue weighted by Crippen LogP contribution is -2.34. The van der Waals surface area contributed by atoms with E-state index in [9.17, 15) is 14.9 Å². The first-order chi connectivity index (χ1) is 11.1. The maximum Gasteiger partial charge on any atom is 0.269 e. The Morgan fingerprint density at radius 1 is 1.52 bits per heavy atom. The normalized spacial score (nSPS) is 10.3.